The van der Waals surface area contributed by atoms with Crippen LogP contribution in [0.1, 0.15) is 20.8 Å². The highest BCUT2D eigenvalue weighted by Gasteiger charge is 2.12. The first kappa shape index (κ1) is 11.8. The van der Waals surface area contributed by atoms with Crippen LogP contribution in [0.2, 0.25) is 0 Å². The van der Waals surface area contributed by atoms with Crippen molar-refractivity contribution in [3.8, 4) is 11.1 Å². The quantitative estimate of drug-likeness (QED) is 0.862. The van der Waals surface area contributed by atoms with Gasteiger partial charge in [0.25, 0.3) is 0 Å². The van der Waals surface area contributed by atoms with Crippen LogP contribution in [0, 0.1) is 0 Å². The molecule has 0 bridgehead atoms. The number of hydrogen-bond donors (Lipinski definition) is 2. The maximum atomic E-state index is 11.0. The van der Waals surface area contributed by atoms with Crippen molar-refractivity contribution >= 4 is 11.9 Å². The normalized spacial score (nSPS) is 10.0. The highest BCUT2D eigenvalue weighted by atomic mass is 16.4. The summed E-state index contributed by atoms with van der Waals surface area (Å²) in [7, 11) is 0. The van der Waals surface area contributed by atoms with Gasteiger partial charge in [-0.2, -0.15) is 0 Å². The lowest BCUT2D eigenvalue weighted by molar-refractivity contribution is 0.0682. The second-order valence-corrected chi connectivity index (χ2v) is 3.59. The molecule has 2 rings (SSSR count). The molecule has 0 radical (unpaired) electrons. The number of carboxylic acids is 2. The minimum absolute atomic E-state index is 0.0550. The predicted octanol–water partition coefficient (Wildman–Crippen LogP) is 2.15. The Morgan fingerprint density at radius 3 is 2.17 bits per heavy atom. The van der Waals surface area contributed by atoms with Gasteiger partial charge in [0, 0.05) is 11.8 Å². The lowest BCUT2D eigenvalue weighted by Crippen LogP contribution is -2.02. The molecule has 18 heavy (non-hydrogen) atoms. The predicted molar refractivity (Wildman–Crippen MR) is 63.6 cm³/mol. The van der Waals surface area contributed by atoms with Gasteiger partial charge in [-0.25, -0.2) is 14.6 Å². The van der Waals surface area contributed by atoms with E-state index in [-0.39, 0.29) is 11.3 Å². The largest absolute Gasteiger partial charge is 0.478 e. The summed E-state index contributed by atoms with van der Waals surface area (Å²) in [4.78, 5) is 25.5. The Hall–Kier alpha value is -2.69. The fourth-order valence-corrected chi connectivity index (χ4v) is 1.60. The molecular weight excluding hydrogens is 234 g/mol. The standard InChI is InChI=1S/C13H9NO4/c15-12(16)9-5-3-8(4-6-9)10-2-1-7-14-11(10)13(17)18/h1-7H,(H,15,16)(H,17,18). The third-order valence-electron chi connectivity index (χ3n) is 2.45. The van der Waals surface area contributed by atoms with Gasteiger partial charge in [0.05, 0.1) is 5.56 Å². The molecule has 2 aromatic rings. The molecule has 5 heteroatoms. The third-order valence-corrected chi connectivity index (χ3v) is 2.45. The van der Waals surface area contributed by atoms with Crippen LogP contribution in [0.4, 0.5) is 0 Å². The molecule has 0 aliphatic heterocycles. The molecule has 1 aromatic carbocycles. The second-order valence-electron chi connectivity index (χ2n) is 3.59. The topological polar surface area (TPSA) is 87.5 Å². The number of carboxylic acid groups (broad SMARTS) is 2. The van der Waals surface area contributed by atoms with Crippen LogP contribution < -0.4 is 0 Å². The molecule has 0 unspecified atom stereocenters. The van der Waals surface area contributed by atoms with Gasteiger partial charge in [0.15, 0.2) is 5.69 Å². The van der Waals surface area contributed by atoms with Crippen LogP contribution in [0.3, 0.4) is 0 Å². The Kier molecular flexibility index (Phi) is 3.05. The third kappa shape index (κ3) is 2.20. The van der Waals surface area contributed by atoms with E-state index in [2.05, 4.69) is 4.98 Å². The summed E-state index contributed by atoms with van der Waals surface area (Å²) in [5.41, 5.74) is 1.17. The zero-order valence-electron chi connectivity index (χ0n) is 9.20. The number of benzene rings is 1. The second kappa shape index (κ2) is 4.67. The van der Waals surface area contributed by atoms with Crippen molar-refractivity contribution in [2.24, 2.45) is 0 Å². The van der Waals surface area contributed by atoms with E-state index in [9.17, 15) is 9.59 Å². The zero-order chi connectivity index (χ0) is 13.1. The average Bonchev–Trinajstić information content (AvgIpc) is 2.39. The van der Waals surface area contributed by atoms with Gasteiger partial charge >= 0.3 is 11.9 Å². The lowest BCUT2D eigenvalue weighted by Gasteiger charge is -2.05. The molecule has 0 saturated carbocycles. The first-order valence-corrected chi connectivity index (χ1v) is 5.11. The van der Waals surface area contributed by atoms with Crippen LogP contribution >= 0.6 is 0 Å². The van der Waals surface area contributed by atoms with Crippen molar-refractivity contribution in [2.45, 2.75) is 0 Å². The molecule has 0 aliphatic carbocycles. The maximum Gasteiger partial charge on any atom is 0.355 e. The summed E-state index contributed by atoms with van der Waals surface area (Å²) < 4.78 is 0. The van der Waals surface area contributed by atoms with Crippen LogP contribution in [-0.4, -0.2) is 27.1 Å². The van der Waals surface area contributed by atoms with Crippen LogP contribution in [-0.2, 0) is 0 Å². The molecule has 0 amide bonds. The smallest absolute Gasteiger partial charge is 0.355 e. The van der Waals surface area contributed by atoms with E-state index in [1.54, 1.807) is 24.3 Å². The molecule has 1 aromatic heterocycles. The van der Waals surface area contributed by atoms with Gasteiger partial charge in [-0.05, 0) is 23.8 Å². The van der Waals surface area contributed by atoms with E-state index in [0.717, 1.165) is 0 Å². The summed E-state index contributed by atoms with van der Waals surface area (Å²) in [6, 6.07) is 9.24. The molecule has 2 N–H and O–H groups in total. The SMILES string of the molecule is O=C(O)c1ccc(-c2cccnc2C(=O)O)cc1. The first-order valence-electron chi connectivity index (χ1n) is 5.11. The van der Waals surface area contributed by atoms with Crippen molar-refractivity contribution in [1.29, 1.82) is 0 Å². The maximum absolute atomic E-state index is 11.0. The zero-order valence-corrected chi connectivity index (χ0v) is 9.20. The minimum atomic E-state index is -1.12. The Labute approximate surface area is 102 Å². The number of rotatable bonds is 3. The van der Waals surface area contributed by atoms with Crippen molar-refractivity contribution < 1.29 is 19.8 Å². The summed E-state index contributed by atoms with van der Waals surface area (Å²) in [5.74, 6) is -2.14. The van der Waals surface area contributed by atoms with Gasteiger partial charge in [-0.15, -0.1) is 0 Å². The molecule has 0 aliphatic rings. The number of aromatic nitrogens is 1. The Morgan fingerprint density at radius 1 is 0.944 bits per heavy atom. The number of hydrogen-bond acceptors (Lipinski definition) is 3. The summed E-state index contributed by atoms with van der Waals surface area (Å²) in [5, 5.41) is 17.8. The van der Waals surface area contributed by atoms with Crippen molar-refractivity contribution in [3.05, 3.63) is 53.9 Å². The Balaban J connectivity index is 2.49. The van der Waals surface area contributed by atoms with Gasteiger partial charge in [-0.3, -0.25) is 0 Å². The number of carbonyl (C=O) groups is 2. The molecular formula is C13H9NO4. The molecule has 0 saturated heterocycles. The van der Waals surface area contributed by atoms with Gasteiger partial charge in [-0.1, -0.05) is 18.2 Å². The van der Waals surface area contributed by atoms with E-state index < -0.39 is 11.9 Å². The van der Waals surface area contributed by atoms with E-state index in [1.165, 1.54) is 18.3 Å². The van der Waals surface area contributed by atoms with Gasteiger partial charge < -0.3 is 10.2 Å². The van der Waals surface area contributed by atoms with Crippen molar-refractivity contribution in [3.63, 3.8) is 0 Å². The molecule has 90 valence electrons. The highest BCUT2D eigenvalue weighted by Crippen LogP contribution is 2.22. The number of nitrogens with zero attached hydrogens (tertiary/aromatic N) is 1. The fraction of sp³-hybridized carbons (Fsp3) is 0. The van der Waals surface area contributed by atoms with E-state index in [1.807, 2.05) is 0 Å². The molecule has 0 spiro atoms. The van der Waals surface area contributed by atoms with Gasteiger partial charge in [0.2, 0.25) is 0 Å². The number of aromatic carboxylic acids is 2. The van der Waals surface area contributed by atoms with Gasteiger partial charge in [0.1, 0.15) is 0 Å². The van der Waals surface area contributed by atoms with Crippen LogP contribution in [0.25, 0.3) is 11.1 Å². The van der Waals surface area contributed by atoms with E-state index >= 15 is 0 Å². The van der Waals surface area contributed by atoms with Crippen LogP contribution in [0.15, 0.2) is 42.6 Å². The van der Waals surface area contributed by atoms with E-state index in [4.69, 9.17) is 10.2 Å². The summed E-state index contributed by atoms with van der Waals surface area (Å²) >= 11 is 0. The van der Waals surface area contributed by atoms with Crippen LogP contribution in [0.5, 0.6) is 0 Å². The molecule has 5 nitrogen and oxygen atoms in total. The molecule has 0 atom stereocenters. The minimum Gasteiger partial charge on any atom is -0.478 e. The number of pyridine rings is 1. The average molecular weight is 243 g/mol. The van der Waals surface area contributed by atoms with E-state index in [0.29, 0.717) is 11.1 Å². The first-order chi connectivity index (χ1) is 8.59. The Bertz CT molecular complexity index is 605. The lowest BCUT2D eigenvalue weighted by atomic mass is 10.0. The summed E-state index contributed by atoms with van der Waals surface area (Å²) in [6.45, 7) is 0. The monoisotopic (exact) mass is 243 g/mol. The van der Waals surface area contributed by atoms with Crippen molar-refractivity contribution in [2.75, 3.05) is 0 Å². The molecule has 1 heterocycles. The molecule has 0 fully saturated rings. The Morgan fingerprint density at radius 2 is 1.61 bits per heavy atom. The van der Waals surface area contributed by atoms with Crippen molar-refractivity contribution in [1.82, 2.24) is 4.98 Å². The summed E-state index contributed by atoms with van der Waals surface area (Å²) in [6.07, 6.45) is 1.40. The highest BCUT2D eigenvalue weighted by molar-refractivity contribution is 5.94. The fourth-order valence-electron chi connectivity index (χ4n) is 1.60.